The zero-order valence-corrected chi connectivity index (χ0v) is 18.5. The Morgan fingerprint density at radius 2 is 0.933 bits per heavy atom. The average molecular weight is 392 g/mol. The van der Waals surface area contributed by atoms with Gasteiger partial charge in [0.05, 0.1) is 0 Å². The van der Waals surface area contributed by atoms with Crippen molar-refractivity contribution < 1.29 is 0 Å². The highest BCUT2D eigenvalue weighted by Gasteiger charge is 2.14. The van der Waals surface area contributed by atoms with Crippen LogP contribution in [0.1, 0.15) is 27.8 Å². The van der Waals surface area contributed by atoms with Crippen LogP contribution in [0, 0.1) is 34.6 Å². The van der Waals surface area contributed by atoms with Crippen LogP contribution in [-0.2, 0) is 0 Å². The first-order valence-electron chi connectivity index (χ1n) is 10.5. The molecule has 0 bridgehead atoms. The topological polar surface area (TPSA) is 3.24 Å². The third-order valence-corrected chi connectivity index (χ3v) is 6.08. The SMILES string of the molecule is Cc1ccc(N(c2ccc(-c3ccccc3C)cc2)c2ccc(C)c(C)c2)cc1C. The number of aryl methyl sites for hydroxylation is 5. The quantitative estimate of drug-likeness (QED) is 0.338. The van der Waals surface area contributed by atoms with Gasteiger partial charge in [-0.1, -0.05) is 48.5 Å². The van der Waals surface area contributed by atoms with Crippen LogP contribution in [-0.4, -0.2) is 0 Å². The minimum atomic E-state index is 1.17. The fraction of sp³-hybridized carbons (Fsp3) is 0.172. The molecule has 0 aromatic heterocycles. The molecule has 0 aliphatic carbocycles. The summed E-state index contributed by atoms with van der Waals surface area (Å²) in [6.07, 6.45) is 0. The highest BCUT2D eigenvalue weighted by atomic mass is 15.1. The van der Waals surface area contributed by atoms with Crippen molar-refractivity contribution in [3.63, 3.8) is 0 Å². The first-order valence-corrected chi connectivity index (χ1v) is 10.5. The third kappa shape index (κ3) is 3.89. The summed E-state index contributed by atoms with van der Waals surface area (Å²) < 4.78 is 0. The Morgan fingerprint density at radius 3 is 1.43 bits per heavy atom. The smallest absolute Gasteiger partial charge is 0.0464 e. The van der Waals surface area contributed by atoms with E-state index in [9.17, 15) is 0 Å². The maximum atomic E-state index is 2.35. The van der Waals surface area contributed by atoms with E-state index in [0.29, 0.717) is 0 Å². The predicted octanol–water partition coefficient (Wildman–Crippen LogP) is 8.37. The summed E-state index contributed by atoms with van der Waals surface area (Å²) in [4.78, 5) is 2.35. The molecule has 0 spiro atoms. The fourth-order valence-electron chi connectivity index (χ4n) is 3.86. The molecule has 4 aromatic rings. The molecule has 0 fully saturated rings. The molecule has 1 heteroatoms. The van der Waals surface area contributed by atoms with E-state index in [1.54, 1.807) is 0 Å². The van der Waals surface area contributed by atoms with Crippen LogP contribution in [0.2, 0.25) is 0 Å². The lowest BCUT2D eigenvalue weighted by atomic mass is 10.00. The Bertz CT molecular complexity index is 1130. The van der Waals surface area contributed by atoms with Gasteiger partial charge in [0.15, 0.2) is 0 Å². The summed E-state index contributed by atoms with van der Waals surface area (Å²) in [5.74, 6) is 0. The summed E-state index contributed by atoms with van der Waals surface area (Å²) >= 11 is 0. The molecule has 0 heterocycles. The van der Waals surface area contributed by atoms with Crippen molar-refractivity contribution in [3.05, 3.63) is 113 Å². The van der Waals surface area contributed by atoms with Gasteiger partial charge < -0.3 is 4.90 Å². The molecule has 4 aromatic carbocycles. The van der Waals surface area contributed by atoms with Gasteiger partial charge in [-0.3, -0.25) is 0 Å². The Labute approximate surface area is 180 Å². The van der Waals surface area contributed by atoms with E-state index in [-0.39, 0.29) is 0 Å². The second-order valence-corrected chi connectivity index (χ2v) is 8.23. The van der Waals surface area contributed by atoms with Gasteiger partial charge in [-0.05, 0) is 110 Å². The molecule has 0 saturated carbocycles. The van der Waals surface area contributed by atoms with Crippen LogP contribution in [0.3, 0.4) is 0 Å². The second-order valence-electron chi connectivity index (χ2n) is 8.23. The van der Waals surface area contributed by atoms with Gasteiger partial charge in [-0.2, -0.15) is 0 Å². The van der Waals surface area contributed by atoms with Crippen molar-refractivity contribution in [3.8, 4) is 11.1 Å². The zero-order valence-electron chi connectivity index (χ0n) is 18.5. The highest BCUT2D eigenvalue weighted by Crippen LogP contribution is 2.37. The second kappa shape index (κ2) is 8.20. The number of nitrogens with zero attached hydrogens (tertiary/aromatic N) is 1. The van der Waals surface area contributed by atoms with E-state index in [1.807, 2.05) is 0 Å². The van der Waals surface area contributed by atoms with Gasteiger partial charge in [-0.25, -0.2) is 0 Å². The Hall–Kier alpha value is -3.32. The molecule has 0 atom stereocenters. The third-order valence-electron chi connectivity index (χ3n) is 6.08. The summed E-state index contributed by atoms with van der Waals surface area (Å²) in [6, 6.07) is 30.9. The lowest BCUT2D eigenvalue weighted by Crippen LogP contribution is -2.10. The first kappa shape index (κ1) is 20.0. The minimum Gasteiger partial charge on any atom is -0.310 e. The van der Waals surface area contributed by atoms with Crippen molar-refractivity contribution in [2.24, 2.45) is 0 Å². The van der Waals surface area contributed by atoms with Gasteiger partial charge in [0, 0.05) is 17.1 Å². The fourth-order valence-corrected chi connectivity index (χ4v) is 3.86. The van der Waals surface area contributed by atoms with Gasteiger partial charge in [0.1, 0.15) is 0 Å². The predicted molar refractivity (Wildman–Crippen MR) is 130 cm³/mol. The molecular formula is C29H29N. The lowest BCUT2D eigenvalue weighted by Gasteiger charge is -2.27. The summed E-state index contributed by atoms with van der Waals surface area (Å²) in [7, 11) is 0. The van der Waals surface area contributed by atoms with E-state index in [2.05, 4.69) is 124 Å². The number of hydrogen-bond donors (Lipinski definition) is 0. The molecule has 4 rings (SSSR count). The molecule has 0 radical (unpaired) electrons. The maximum absolute atomic E-state index is 2.35. The monoisotopic (exact) mass is 391 g/mol. The number of hydrogen-bond acceptors (Lipinski definition) is 1. The molecule has 0 amide bonds. The number of rotatable bonds is 4. The Morgan fingerprint density at radius 1 is 0.433 bits per heavy atom. The Balaban J connectivity index is 1.82. The normalized spacial score (nSPS) is 10.8. The van der Waals surface area contributed by atoms with Gasteiger partial charge >= 0.3 is 0 Å². The molecule has 0 N–H and O–H groups in total. The molecule has 0 saturated heterocycles. The molecule has 1 nitrogen and oxygen atoms in total. The summed E-state index contributed by atoms with van der Waals surface area (Å²) in [5.41, 5.74) is 12.6. The summed E-state index contributed by atoms with van der Waals surface area (Å²) in [5, 5.41) is 0. The van der Waals surface area contributed by atoms with Crippen molar-refractivity contribution in [1.82, 2.24) is 0 Å². The van der Waals surface area contributed by atoms with E-state index in [4.69, 9.17) is 0 Å². The molecule has 0 aliphatic rings. The van der Waals surface area contributed by atoms with Crippen LogP contribution >= 0.6 is 0 Å². The van der Waals surface area contributed by atoms with E-state index in [1.165, 1.54) is 56.0 Å². The Kier molecular flexibility index (Phi) is 5.46. The highest BCUT2D eigenvalue weighted by molar-refractivity contribution is 5.79. The lowest BCUT2D eigenvalue weighted by molar-refractivity contribution is 1.23. The largest absolute Gasteiger partial charge is 0.310 e. The standard InChI is InChI=1S/C29H29N/c1-20-10-14-27(18-23(20)4)30(28-15-11-21(2)24(5)19-28)26-16-12-25(13-17-26)29-9-7-6-8-22(29)3/h6-19H,1-5H3. The van der Waals surface area contributed by atoms with Crippen LogP contribution in [0.4, 0.5) is 17.1 Å². The first-order chi connectivity index (χ1) is 14.4. The average Bonchev–Trinajstić information content (AvgIpc) is 2.74. The molecule has 0 unspecified atom stereocenters. The van der Waals surface area contributed by atoms with Crippen LogP contribution in [0.5, 0.6) is 0 Å². The summed E-state index contributed by atoms with van der Waals surface area (Å²) in [6.45, 7) is 10.9. The van der Waals surface area contributed by atoms with Crippen LogP contribution in [0.15, 0.2) is 84.9 Å². The van der Waals surface area contributed by atoms with E-state index in [0.717, 1.165) is 0 Å². The zero-order chi connectivity index (χ0) is 21.3. The van der Waals surface area contributed by atoms with E-state index < -0.39 is 0 Å². The molecule has 30 heavy (non-hydrogen) atoms. The van der Waals surface area contributed by atoms with Gasteiger partial charge in [0.25, 0.3) is 0 Å². The number of anilines is 3. The maximum Gasteiger partial charge on any atom is 0.0464 e. The van der Waals surface area contributed by atoms with Crippen LogP contribution in [0.25, 0.3) is 11.1 Å². The molecule has 150 valence electrons. The van der Waals surface area contributed by atoms with Crippen molar-refractivity contribution in [2.45, 2.75) is 34.6 Å². The van der Waals surface area contributed by atoms with Crippen molar-refractivity contribution in [2.75, 3.05) is 4.90 Å². The van der Waals surface area contributed by atoms with Crippen molar-refractivity contribution >= 4 is 17.1 Å². The molecule has 0 aliphatic heterocycles. The number of benzene rings is 4. The van der Waals surface area contributed by atoms with Crippen LogP contribution < -0.4 is 4.90 Å². The van der Waals surface area contributed by atoms with Gasteiger partial charge in [0.2, 0.25) is 0 Å². The molecular weight excluding hydrogens is 362 g/mol. The van der Waals surface area contributed by atoms with Crippen molar-refractivity contribution in [1.29, 1.82) is 0 Å². The minimum absolute atomic E-state index is 1.17. The van der Waals surface area contributed by atoms with Gasteiger partial charge in [-0.15, -0.1) is 0 Å². The van der Waals surface area contributed by atoms with E-state index >= 15 is 0 Å².